The van der Waals surface area contributed by atoms with Crippen LogP contribution in [0.1, 0.15) is 25.0 Å². The van der Waals surface area contributed by atoms with Crippen molar-refractivity contribution in [2.75, 3.05) is 39.8 Å². The predicted octanol–water partition coefficient (Wildman–Crippen LogP) is 2.19. The normalized spacial score (nSPS) is 22.9. The number of likely N-dealkylation sites (tertiary alicyclic amines) is 2. The number of nitrogens with zero attached hydrogens (tertiary/aromatic N) is 3. The van der Waals surface area contributed by atoms with Crippen LogP contribution in [0.4, 0.5) is 0 Å². The van der Waals surface area contributed by atoms with Crippen LogP contribution in [-0.2, 0) is 6.42 Å². The second-order valence-corrected chi connectivity index (χ2v) is 5.93. The lowest BCUT2D eigenvalue weighted by Gasteiger charge is -2.25. The van der Waals surface area contributed by atoms with Crippen LogP contribution in [0, 0.1) is 0 Å². The van der Waals surface area contributed by atoms with E-state index >= 15 is 0 Å². The summed E-state index contributed by atoms with van der Waals surface area (Å²) >= 11 is 0. The van der Waals surface area contributed by atoms with Gasteiger partial charge in [0.2, 0.25) is 0 Å². The molecule has 5 nitrogen and oxygen atoms in total. The zero-order valence-electron chi connectivity index (χ0n) is 13.3. The van der Waals surface area contributed by atoms with Crippen molar-refractivity contribution in [2.45, 2.75) is 31.7 Å². The maximum Gasteiger partial charge on any atom is 0.193 e. The van der Waals surface area contributed by atoms with Crippen LogP contribution in [0.15, 0.2) is 27.8 Å². The Bertz CT molecular complexity index is 457. The SMILES string of the molecule is CN=C(NCCc1ccco1)N1CCC(N2CCCC2)C1.I. The highest BCUT2D eigenvalue weighted by molar-refractivity contribution is 14.0. The van der Waals surface area contributed by atoms with Gasteiger partial charge in [-0.1, -0.05) is 0 Å². The molecule has 0 bridgehead atoms. The molecule has 22 heavy (non-hydrogen) atoms. The van der Waals surface area contributed by atoms with E-state index in [2.05, 4.69) is 20.1 Å². The lowest BCUT2D eigenvalue weighted by molar-refractivity contribution is 0.249. The maximum absolute atomic E-state index is 5.36. The topological polar surface area (TPSA) is 44.0 Å². The monoisotopic (exact) mass is 418 g/mol. The van der Waals surface area contributed by atoms with E-state index in [0.29, 0.717) is 0 Å². The van der Waals surface area contributed by atoms with Gasteiger partial charge >= 0.3 is 0 Å². The van der Waals surface area contributed by atoms with Gasteiger partial charge in [-0.05, 0) is 44.5 Å². The molecule has 1 aromatic rings. The van der Waals surface area contributed by atoms with Crippen molar-refractivity contribution in [3.8, 4) is 0 Å². The Morgan fingerprint density at radius 2 is 2.18 bits per heavy atom. The molecule has 1 unspecified atom stereocenters. The van der Waals surface area contributed by atoms with E-state index in [0.717, 1.165) is 43.8 Å². The minimum atomic E-state index is 0. The van der Waals surface area contributed by atoms with Crippen molar-refractivity contribution in [1.29, 1.82) is 0 Å². The summed E-state index contributed by atoms with van der Waals surface area (Å²) in [5.74, 6) is 2.05. The fourth-order valence-electron chi connectivity index (χ4n) is 3.42. The molecule has 2 aliphatic heterocycles. The first kappa shape index (κ1) is 17.6. The van der Waals surface area contributed by atoms with Gasteiger partial charge in [-0.3, -0.25) is 9.89 Å². The molecule has 0 aromatic carbocycles. The number of aliphatic imine (C=N–C) groups is 1. The van der Waals surface area contributed by atoms with Crippen LogP contribution in [-0.4, -0.2) is 61.6 Å². The standard InChI is InChI=1S/C16H26N4O.HI/c1-17-16(18-8-6-15-5-4-12-21-15)20-11-7-14(13-20)19-9-2-3-10-19;/h4-5,12,14H,2-3,6-11,13H2,1H3,(H,17,18);1H. The second kappa shape index (κ2) is 8.76. The molecule has 0 radical (unpaired) electrons. The minimum Gasteiger partial charge on any atom is -0.469 e. The van der Waals surface area contributed by atoms with E-state index in [1.54, 1.807) is 6.26 Å². The van der Waals surface area contributed by atoms with Crippen molar-refractivity contribution in [1.82, 2.24) is 15.1 Å². The van der Waals surface area contributed by atoms with Crippen molar-refractivity contribution in [3.63, 3.8) is 0 Å². The van der Waals surface area contributed by atoms with Gasteiger partial charge in [-0.25, -0.2) is 0 Å². The number of hydrogen-bond donors (Lipinski definition) is 1. The van der Waals surface area contributed by atoms with Crippen LogP contribution in [0.5, 0.6) is 0 Å². The number of nitrogens with one attached hydrogen (secondary N) is 1. The Hall–Kier alpha value is -0.760. The molecular weight excluding hydrogens is 391 g/mol. The van der Waals surface area contributed by atoms with Crippen LogP contribution in [0.25, 0.3) is 0 Å². The highest BCUT2D eigenvalue weighted by atomic mass is 127. The van der Waals surface area contributed by atoms with E-state index in [4.69, 9.17) is 4.42 Å². The zero-order chi connectivity index (χ0) is 14.5. The first-order valence-corrected chi connectivity index (χ1v) is 8.09. The molecule has 0 amide bonds. The van der Waals surface area contributed by atoms with E-state index in [1.807, 2.05) is 19.2 Å². The van der Waals surface area contributed by atoms with Crippen LogP contribution >= 0.6 is 24.0 Å². The third-order valence-electron chi connectivity index (χ3n) is 4.57. The number of furan rings is 1. The zero-order valence-corrected chi connectivity index (χ0v) is 15.7. The Morgan fingerprint density at radius 3 is 2.86 bits per heavy atom. The predicted molar refractivity (Wildman–Crippen MR) is 100.0 cm³/mol. The highest BCUT2D eigenvalue weighted by Crippen LogP contribution is 2.20. The maximum atomic E-state index is 5.36. The molecule has 2 fully saturated rings. The van der Waals surface area contributed by atoms with E-state index < -0.39 is 0 Å². The van der Waals surface area contributed by atoms with E-state index in [1.165, 1.54) is 32.4 Å². The highest BCUT2D eigenvalue weighted by Gasteiger charge is 2.30. The Morgan fingerprint density at radius 1 is 1.36 bits per heavy atom. The molecular formula is C16H27IN4O. The summed E-state index contributed by atoms with van der Waals surface area (Å²) < 4.78 is 5.36. The largest absolute Gasteiger partial charge is 0.469 e. The Balaban J connectivity index is 0.00000176. The molecule has 1 aromatic heterocycles. The minimum absolute atomic E-state index is 0. The number of halogens is 1. The van der Waals surface area contributed by atoms with Crippen molar-refractivity contribution in [3.05, 3.63) is 24.2 Å². The average molecular weight is 418 g/mol. The Labute approximate surface area is 150 Å². The van der Waals surface area contributed by atoms with Crippen molar-refractivity contribution in [2.24, 2.45) is 4.99 Å². The van der Waals surface area contributed by atoms with Gasteiger partial charge in [0.05, 0.1) is 6.26 Å². The quantitative estimate of drug-likeness (QED) is 0.463. The smallest absolute Gasteiger partial charge is 0.193 e. The first-order valence-electron chi connectivity index (χ1n) is 8.09. The van der Waals surface area contributed by atoms with E-state index in [-0.39, 0.29) is 24.0 Å². The van der Waals surface area contributed by atoms with Gasteiger partial charge in [-0.2, -0.15) is 0 Å². The fraction of sp³-hybridized carbons (Fsp3) is 0.688. The molecule has 3 rings (SSSR count). The molecule has 0 spiro atoms. The summed E-state index contributed by atoms with van der Waals surface area (Å²) in [5.41, 5.74) is 0. The molecule has 124 valence electrons. The summed E-state index contributed by atoms with van der Waals surface area (Å²) in [4.78, 5) is 9.48. The van der Waals surface area contributed by atoms with Gasteiger partial charge in [-0.15, -0.1) is 24.0 Å². The summed E-state index contributed by atoms with van der Waals surface area (Å²) in [7, 11) is 1.87. The fourth-order valence-corrected chi connectivity index (χ4v) is 3.42. The van der Waals surface area contributed by atoms with E-state index in [9.17, 15) is 0 Å². The third-order valence-corrected chi connectivity index (χ3v) is 4.57. The molecule has 6 heteroatoms. The third kappa shape index (κ3) is 4.38. The van der Waals surface area contributed by atoms with Gasteiger partial charge in [0.15, 0.2) is 5.96 Å². The summed E-state index contributed by atoms with van der Waals surface area (Å²) in [6.45, 7) is 5.65. The number of rotatable bonds is 4. The molecule has 0 aliphatic carbocycles. The van der Waals surface area contributed by atoms with Gasteiger partial charge in [0.1, 0.15) is 5.76 Å². The summed E-state index contributed by atoms with van der Waals surface area (Å²) in [5, 5.41) is 3.46. The van der Waals surface area contributed by atoms with Crippen LogP contribution < -0.4 is 5.32 Å². The second-order valence-electron chi connectivity index (χ2n) is 5.93. The van der Waals surface area contributed by atoms with Gasteiger partial charge < -0.3 is 14.6 Å². The lowest BCUT2D eigenvalue weighted by Crippen LogP contribution is -2.43. The lowest BCUT2D eigenvalue weighted by atomic mass is 10.2. The summed E-state index contributed by atoms with van der Waals surface area (Å²) in [6.07, 6.45) is 6.62. The average Bonchev–Trinajstić information content (AvgIpc) is 3.24. The molecule has 1 N–H and O–H groups in total. The molecule has 1 atom stereocenters. The number of guanidine groups is 1. The van der Waals surface area contributed by atoms with Crippen LogP contribution in [0.2, 0.25) is 0 Å². The molecule has 0 saturated carbocycles. The molecule has 2 aliphatic rings. The Kier molecular flexibility index (Phi) is 7.01. The van der Waals surface area contributed by atoms with Gasteiger partial charge in [0.25, 0.3) is 0 Å². The molecule has 2 saturated heterocycles. The number of hydrogen-bond acceptors (Lipinski definition) is 3. The van der Waals surface area contributed by atoms with Crippen molar-refractivity contribution >= 4 is 29.9 Å². The summed E-state index contributed by atoms with van der Waals surface area (Å²) in [6, 6.07) is 4.67. The van der Waals surface area contributed by atoms with Gasteiger partial charge in [0, 0.05) is 39.1 Å². The van der Waals surface area contributed by atoms with Crippen molar-refractivity contribution < 1.29 is 4.42 Å². The van der Waals surface area contributed by atoms with Crippen LogP contribution in [0.3, 0.4) is 0 Å². The molecule has 3 heterocycles. The first-order chi connectivity index (χ1) is 10.4.